The maximum absolute atomic E-state index is 13.7. The topological polar surface area (TPSA) is 110 Å². The molecule has 0 atom stereocenters. The number of nitrogens with one attached hydrogen (secondary N) is 1. The first-order valence-electron chi connectivity index (χ1n) is 9.52. The van der Waals surface area contributed by atoms with E-state index in [0.29, 0.717) is 34.7 Å². The van der Waals surface area contributed by atoms with Crippen LogP contribution in [0.3, 0.4) is 0 Å². The molecule has 3 N–H and O–H groups in total. The lowest BCUT2D eigenvalue weighted by molar-refractivity contribution is -0.384. The Kier molecular flexibility index (Phi) is 6.98. The summed E-state index contributed by atoms with van der Waals surface area (Å²) < 4.78 is 13.7. The van der Waals surface area contributed by atoms with Gasteiger partial charge in [-0.2, -0.15) is 4.98 Å². The van der Waals surface area contributed by atoms with E-state index < -0.39 is 10.7 Å². The number of non-ortho nitro benzene ring substituents is 1. The van der Waals surface area contributed by atoms with E-state index in [4.69, 9.17) is 17.3 Å². The van der Waals surface area contributed by atoms with E-state index >= 15 is 0 Å². The van der Waals surface area contributed by atoms with Gasteiger partial charge >= 0.3 is 0 Å². The maximum atomic E-state index is 13.7. The van der Waals surface area contributed by atoms with Crippen LogP contribution < -0.4 is 11.1 Å². The minimum absolute atomic E-state index is 0.0136. The predicted molar refractivity (Wildman–Crippen MR) is 121 cm³/mol. The van der Waals surface area contributed by atoms with Crippen molar-refractivity contribution in [3.63, 3.8) is 0 Å². The van der Waals surface area contributed by atoms with Gasteiger partial charge in [-0.3, -0.25) is 10.1 Å². The lowest BCUT2D eigenvalue weighted by Crippen LogP contribution is -2.17. The predicted octanol–water partition coefficient (Wildman–Crippen LogP) is 4.46. The van der Waals surface area contributed by atoms with Crippen LogP contribution in [0.15, 0.2) is 42.5 Å². The first-order valence-corrected chi connectivity index (χ1v) is 9.90. The van der Waals surface area contributed by atoms with Gasteiger partial charge in [0.05, 0.1) is 21.2 Å². The third-order valence-corrected chi connectivity index (χ3v) is 4.83. The molecule has 0 aliphatic rings. The molecule has 0 spiro atoms. The van der Waals surface area contributed by atoms with E-state index in [1.54, 1.807) is 12.1 Å². The Morgan fingerprint density at radius 1 is 1.19 bits per heavy atom. The van der Waals surface area contributed by atoms with Gasteiger partial charge in [-0.05, 0) is 50.8 Å². The monoisotopic (exact) mass is 444 g/mol. The minimum Gasteiger partial charge on any atom is -0.369 e. The molecule has 3 aromatic rings. The Balaban J connectivity index is 2.16. The molecular weight excluding hydrogens is 423 g/mol. The van der Waals surface area contributed by atoms with E-state index in [2.05, 4.69) is 20.2 Å². The highest BCUT2D eigenvalue weighted by atomic mass is 35.5. The number of rotatable bonds is 8. The number of nitro benzene ring substituents is 1. The second kappa shape index (κ2) is 9.67. The van der Waals surface area contributed by atoms with Crippen LogP contribution in [0.2, 0.25) is 5.02 Å². The summed E-state index contributed by atoms with van der Waals surface area (Å²) in [4.78, 5) is 21.6. The van der Waals surface area contributed by atoms with Crippen molar-refractivity contribution in [2.24, 2.45) is 0 Å². The van der Waals surface area contributed by atoms with Crippen molar-refractivity contribution in [2.45, 2.75) is 6.42 Å². The van der Waals surface area contributed by atoms with Crippen LogP contribution in [0.25, 0.3) is 22.4 Å². The van der Waals surface area contributed by atoms with Gasteiger partial charge in [-0.1, -0.05) is 23.7 Å². The SMILES string of the molecule is CN(C)CCCNc1nc(N)nc(-c2ccc(F)c(Cl)c2)c1-c1cccc([N+](=O)[O-])c1. The molecule has 8 nitrogen and oxygen atoms in total. The van der Waals surface area contributed by atoms with E-state index in [0.717, 1.165) is 13.0 Å². The van der Waals surface area contributed by atoms with E-state index in [-0.39, 0.29) is 16.7 Å². The van der Waals surface area contributed by atoms with Crippen molar-refractivity contribution in [1.29, 1.82) is 0 Å². The third kappa shape index (κ3) is 5.44. The summed E-state index contributed by atoms with van der Waals surface area (Å²) in [6, 6.07) is 10.4. The first kappa shape index (κ1) is 22.4. The van der Waals surface area contributed by atoms with Crippen molar-refractivity contribution in [3.05, 3.63) is 63.4 Å². The van der Waals surface area contributed by atoms with E-state index in [1.807, 2.05) is 14.1 Å². The fourth-order valence-electron chi connectivity index (χ4n) is 3.11. The van der Waals surface area contributed by atoms with E-state index in [9.17, 15) is 14.5 Å². The van der Waals surface area contributed by atoms with Crippen LogP contribution in [-0.2, 0) is 0 Å². The highest BCUT2D eigenvalue weighted by Crippen LogP contribution is 2.38. The second-order valence-corrected chi connectivity index (χ2v) is 7.58. The molecule has 31 heavy (non-hydrogen) atoms. The highest BCUT2D eigenvalue weighted by Gasteiger charge is 2.20. The molecule has 10 heteroatoms. The van der Waals surface area contributed by atoms with Crippen molar-refractivity contribution >= 4 is 29.1 Å². The van der Waals surface area contributed by atoms with Crippen molar-refractivity contribution < 1.29 is 9.31 Å². The molecule has 0 unspecified atom stereocenters. The van der Waals surface area contributed by atoms with Crippen LogP contribution in [0.5, 0.6) is 0 Å². The molecule has 0 aliphatic carbocycles. The Bertz CT molecular complexity index is 1110. The fourth-order valence-corrected chi connectivity index (χ4v) is 3.29. The van der Waals surface area contributed by atoms with Gasteiger partial charge in [0.2, 0.25) is 5.95 Å². The number of nitrogen functional groups attached to an aromatic ring is 1. The molecule has 2 aromatic carbocycles. The van der Waals surface area contributed by atoms with E-state index in [1.165, 1.54) is 30.3 Å². The fraction of sp³-hybridized carbons (Fsp3) is 0.238. The van der Waals surface area contributed by atoms with Gasteiger partial charge in [0.1, 0.15) is 11.6 Å². The summed E-state index contributed by atoms with van der Waals surface area (Å²) in [5, 5.41) is 14.5. The molecule has 0 radical (unpaired) electrons. The number of nitro groups is 1. The number of hydrogen-bond acceptors (Lipinski definition) is 7. The summed E-state index contributed by atoms with van der Waals surface area (Å²) in [5.74, 6) is -0.117. The first-order chi connectivity index (χ1) is 14.8. The van der Waals surface area contributed by atoms with Crippen molar-refractivity contribution in [2.75, 3.05) is 38.2 Å². The Morgan fingerprint density at radius 3 is 2.65 bits per heavy atom. The molecule has 162 valence electrons. The van der Waals surface area contributed by atoms with Gasteiger partial charge in [0.15, 0.2) is 0 Å². The molecule has 3 rings (SSSR count). The molecule has 0 aliphatic heterocycles. The summed E-state index contributed by atoms with van der Waals surface area (Å²) in [5.41, 5.74) is 7.84. The zero-order chi connectivity index (χ0) is 22.5. The molecule has 1 aromatic heterocycles. The van der Waals surface area contributed by atoms with Crippen LogP contribution in [0.1, 0.15) is 6.42 Å². The summed E-state index contributed by atoms with van der Waals surface area (Å²) in [7, 11) is 3.96. The second-order valence-electron chi connectivity index (χ2n) is 7.17. The van der Waals surface area contributed by atoms with Gasteiger partial charge in [0.25, 0.3) is 5.69 Å². The molecule has 0 bridgehead atoms. The number of nitrogens with zero attached hydrogens (tertiary/aromatic N) is 4. The lowest BCUT2D eigenvalue weighted by atomic mass is 9.99. The quantitative estimate of drug-likeness (QED) is 0.300. The average Bonchev–Trinajstić information content (AvgIpc) is 2.72. The van der Waals surface area contributed by atoms with Crippen LogP contribution >= 0.6 is 11.6 Å². The zero-order valence-electron chi connectivity index (χ0n) is 17.1. The molecule has 0 saturated heterocycles. The zero-order valence-corrected chi connectivity index (χ0v) is 17.9. The Morgan fingerprint density at radius 2 is 1.97 bits per heavy atom. The molecule has 0 saturated carbocycles. The highest BCUT2D eigenvalue weighted by molar-refractivity contribution is 6.31. The number of anilines is 2. The number of benzene rings is 2. The van der Waals surface area contributed by atoms with Gasteiger partial charge in [-0.15, -0.1) is 0 Å². The summed E-state index contributed by atoms with van der Waals surface area (Å²) in [6.45, 7) is 1.46. The molecular formula is C21H22ClFN6O2. The largest absolute Gasteiger partial charge is 0.369 e. The van der Waals surface area contributed by atoms with Crippen molar-refractivity contribution in [3.8, 4) is 22.4 Å². The number of aromatic nitrogens is 2. The van der Waals surface area contributed by atoms with Gasteiger partial charge < -0.3 is 16.0 Å². The van der Waals surface area contributed by atoms with Crippen LogP contribution in [-0.4, -0.2) is 47.0 Å². The molecule has 0 fully saturated rings. The van der Waals surface area contributed by atoms with Crippen molar-refractivity contribution in [1.82, 2.24) is 14.9 Å². The number of nitrogens with two attached hydrogens (primary N) is 1. The van der Waals surface area contributed by atoms with Crippen LogP contribution in [0.4, 0.5) is 21.8 Å². The summed E-state index contributed by atoms with van der Waals surface area (Å²) in [6.07, 6.45) is 0.836. The Labute approximate surface area is 184 Å². The van der Waals surface area contributed by atoms with Crippen LogP contribution in [0, 0.1) is 15.9 Å². The summed E-state index contributed by atoms with van der Waals surface area (Å²) >= 11 is 5.98. The average molecular weight is 445 g/mol. The molecule has 0 amide bonds. The molecule has 1 heterocycles. The number of hydrogen-bond donors (Lipinski definition) is 2. The Hall–Kier alpha value is -3.30. The lowest BCUT2D eigenvalue weighted by Gasteiger charge is -2.17. The minimum atomic E-state index is -0.564. The van der Waals surface area contributed by atoms with Gasteiger partial charge in [0, 0.05) is 24.2 Å². The third-order valence-electron chi connectivity index (χ3n) is 4.54. The standard InChI is InChI=1S/C21H22ClFN6O2/c1-28(2)10-4-9-25-20-18(13-5-3-6-15(11-13)29(30)31)19(26-21(24)27-20)14-7-8-17(23)16(22)12-14/h3,5-8,11-12H,4,9-10H2,1-2H3,(H3,24,25,26,27). The maximum Gasteiger partial charge on any atom is 0.270 e. The number of halogens is 2. The normalized spacial score (nSPS) is 11.0. The van der Waals surface area contributed by atoms with Gasteiger partial charge in [-0.25, -0.2) is 9.37 Å². The smallest absolute Gasteiger partial charge is 0.270 e.